The molecule has 0 aliphatic heterocycles. The minimum atomic E-state index is 0.0624. The molecule has 0 aliphatic carbocycles. The number of hydrogen-bond acceptors (Lipinski definition) is 1. The number of amides is 1. The monoisotopic (exact) mass is 293 g/mol. The first-order chi connectivity index (χ1) is 9.38. The van der Waals surface area contributed by atoms with Gasteiger partial charge in [0, 0.05) is 24.2 Å². The maximum Gasteiger partial charge on any atom is 0.246 e. The van der Waals surface area contributed by atoms with Crippen molar-refractivity contribution in [1.82, 2.24) is 4.90 Å². The van der Waals surface area contributed by atoms with Crippen molar-refractivity contribution in [3.8, 4) is 0 Å². The third-order valence-electron chi connectivity index (χ3n) is 2.75. The first-order valence-electron chi connectivity index (χ1n) is 7.11. The van der Waals surface area contributed by atoms with Gasteiger partial charge in [0.1, 0.15) is 0 Å². The average Bonchev–Trinajstić information content (AvgIpc) is 2.34. The van der Waals surface area contributed by atoms with Gasteiger partial charge in [0.15, 0.2) is 0 Å². The maximum atomic E-state index is 12.3. The van der Waals surface area contributed by atoms with E-state index >= 15 is 0 Å². The van der Waals surface area contributed by atoms with Crippen molar-refractivity contribution in [2.24, 2.45) is 11.8 Å². The van der Waals surface area contributed by atoms with Crippen molar-refractivity contribution in [1.29, 1.82) is 0 Å². The molecule has 0 bridgehead atoms. The Hall–Kier alpha value is -1.28. The summed E-state index contributed by atoms with van der Waals surface area (Å²) in [5, 5.41) is 0.681. The number of nitrogens with zero attached hydrogens (tertiary/aromatic N) is 1. The molecule has 2 nitrogen and oxygen atoms in total. The quantitative estimate of drug-likeness (QED) is 0.708. The number of rotatable bonds is 6. The van der Waals surface area contributed by atoms with E-state index in [9.17, 15) is 4.79 Å². The molecule has 0 aromatic heterocycles. The molecule has 0 aliphatic rings. The summed E-state index contributed by atoms with van der Waals surface area (Å²) in [6.07, 6.45) is 3.46. The molecule has 0 unspecified atom stereocenters. The molecule has 110 valence electrons. The number of carbonyl (C=O) groups excluding carboxylic acids is 1. The smallest absolute Gasteiger partial charge is 0.246 e. The second-order valence-electron chi connectivity index (χ2n) is 5.92. The summed E-state index contributed by atoms with van der Waals surface area (Å²) in [5.74, 6) is 1.00. The molecule has 0 atom stereocenters. The van der Waals surface area contributed by atoms with Crippen LogP contribution in [0.4, 0.5) is 0 Å². The van der Waals surface area contributed by atoms with Gasteiger partial charge in [0.05, 0.1) is 0 Å². The van der Waals surface area contributed by atoms with E-state index in [2.05, 4.69) is 27.7 Å². The molecule has 20 heavy (non-hydrogen) atoms. The molecule has 0 radical (unpaired) electrons. The first kappa shape index (κ1) is 16.8. The zero-order valence-electron chi connectivity index (χ0n) is 12.8. The van der Waals surface area contributed by atoms with Crippen molar-refractivity contribution in [2.75, 3.05) is 13.1 Å². The van der Waals surface area contributed by atoms with Crippen molar-refractivity contribution in [2.45, 2.75) is 27.7 Å². The lowest BCUT2D eigenvalue weighted by Gasteiger charge is -2.25. The largest absolute Gasteiger partial charge is 0.339 e. The molecule has 0 heterocycles. The molecule has 1 aromatic carbocycles. The van der Waals surface area contributed by atoms with Crippen LogP contribution >= 0.6 is 11.6 Å². The second kappa shape index (κ2) is 8.11. The number of benzene rings is 1. The van der Waals surface area contributed by atoms with E-state index in [1.807, 2.05) is 35.2 Å². The second-order valence-corrected chi connectivity index (χ2v) is 6.36. The lowest BCUT2D eigenvalue weighted by Crippen LogP contribution is -2.35. The van der Waals surface area contributed by atoms with Gasteiger partial charge in [-0.15, -0.1) is 0 Å². The Morgan fingerprint density at radius 1 is 1.20 bits per heavy atom. The zero-order chi connectivity index (χ0) is 15.1. The molecule has 1 rings (SSSR count). The van der Waals surface area contributed by atoms with Gasteiger partial charge in [-0.2, -0.15) is 0 Å². The third-order valence-corrected chi connectivity index (χ3v) is 2.98. The van der Waals surface area contributed by atoms with Crippen LogP contribution in [0.1, 0.15) is 33.3 Å². The molecule has 0 saturated carbocycles. The fraction of sp³-hybridized carbons (Fsp3) is 0.471. The van der Waals surface area contributed by atoms with Crippen LogP contribution in [0.15, 0.2) is 30.3 Å². The average molecular weight is 294 g/mol. The minimum absolute atomic E-state index is 0.0624. The highest BCUT2D eigenvalue weighted by Gasteiger charge is 2.13. The zero-order valence-corrected chi connectivity index (χ0v) is 13.5. The normalized spacial score (nSPS) is 11.6. The van der Waals surface area contributed by atoms with Gasteiger partial charge in [0.25, 0.3) is 0 Å². The van der Waals surface area contributed by atoms with Crippen LogP contribution in [0.2, 0.25) is 5.02 Å². The molecule has 0 saturated heterocycles. The van der Waals surface area contributed by atoms with Crippen LogP contribution in [0.5, 0.6) is 0 Å². The van der Waals surface area contributed by atoms with Crippen molar-refractivity contribution >= 4 is 23.6 Å². The Bertz CT molecular complexity index is 456. The summed E-state index contributed by atoms with van der Waals surface area (Å²) >= 11 is 5.93. The fourth-order valence-corrected chi connectivity index (χ4v) is 2.22. The number of halogens is 1. The number of carbonyl (C=O) groups is 1. The standard InChI is InChI=1S/C17H24ClNO/c1-13(2)11-19(12-14(3)4)17(20)9-8-15-6-5-7-16(18)10-15/h5-10,13-14H,11-12H2,1-4H3. The third kappa shape index (κ3) is 6.25. The van der Waals surface area contributed by atoms with Crippen molar-refractivity contribution in [3.05, 3.63) is 40.9 Å². The van der Waals surface area contributed by atoms with E-state index < -0.39 is 0 Å². The van der Waals surface area contributed by atoms with E-state index in [1.165, 1.54) is 0 Å². The summed E-state index contributed by atoms with van der Waals surface area (Å²) in [5.41, 5.74) is 0.944. The van der Waals surface area contributed by atoms with Gasteiger partial charge < -0.3 is 4.90 Å². The lowest BCUT2D eigenvalue weighted by atomic mass is 10.1. The van der Waals surface area contributed by atoms with Crippen molar-refractivity contribution in [3.63, 3.8) is 0 Å². The van der Waals surface area contributed by atoms with Gasteiger partial charge in [-0.3, -0.25) is 4.79 Å². The van der Waals surface area contributed by atoms with Crippen LogP contribution in [0.25, 0.3) is 6.08 Å². The Kier molecular flexibility index (Phi) is 6.80. The van der Waals surface area contributed by atoms with E-state index in [0.717, 1.165) is 18.7 Å². The summed E-state index contributed by atoms with van der Waals surface area (Å²) in [6, 6.07) is 7.49. The SMILES string of the molecule is CC(C)CN(CC(C)C)C(=O)C=Cc1cccc(Cl)c1. The van der Waals surface area contributed by atoms with E-state index in [-0.39, 0.29) is 5.91 Å². The van der Waals surface area contributed by atoms with Crippen LogP contribution in [-0.2, 0) is 4.79 Å². The summed E-state index contributed by atoms with van der Waals surface area (Å²) < 4.78 is 0. The predicted molar refractivity (Wildman–Crippen MR) is 86.7 cm³/mol. The Labute approximate surface area is 127 Å². The van der Waals surface area contributed by atoms with Gasteiger partial charge in [0.2, 0.25) is 5.91 Å². The predicted octanol–water partition coefficient (Wildman–Crippen LogP) is 4.49. The van der Waals surface area contributed by atoms with Crippen LogP contribution in [-0.4, -0.2) is 23.9 Å². The Balaban J connectivity index is 2.74. The van der Waals surface area contributed by atoms with Crippen molar-refractivity contribution < 1.29 is 4.79 Å². The van der Waals surface area contributed by atoms with Crippen LogP contribution < -0.4 is 0 Å². The highest BCUT2D eigenvalue weighted by molar-refractivity contribution is 6.30. The lowest BCUT2D eigenvalue weighted by molar-refractivity contribution is -0.127. The van der Waals surface area contributed by atoms with E-state index in [4.69, 9.17) is 11.6 Å². The molecular weight excluding hydrogens is 270 g/mol. The van der Waals surface area contributed by atoms with Gasteiger partial charge in [-0.05, 0) is 35.6 Å². The Morgan fingerprint density at radius 3 is 2.30 bits per heavy atom. The van der Waals surface area contributed by atoms with Gasteiger partial charge in [-0.1, -0.05) is 51.4 Å². The maximum absolute atomic E-state index is 12.3. The molecule has 1 amide bonds. The van der Waals surface area contributed by atoms with Gasteiger partial charge in [-0.25, -0.2) is 0 Å². The molecule has 0 fully saturated rings. The Morgan fingerprint density at radius 2 is 1.80 bits per heavy atom. The van der Waals surface area contributed by atoms with E-state index in [0.29, 0.717) is 16.9 Å². The first-order valence-corrected chi connectivity index (χ1v) is 7.49. The van der Waals surface area contributed by atoms with Crippen LogP contribution in [0, 0.1) is 11.8 Å². The fourth-order valence-electron chi connectivity index (χ4n) is 2.02. The molecule has 3 heteroatoms. The van der Waals surface area contributed by atoms with E-state index in [1.54, 1.807) is 6.08 Å². The minimum Gasteiger partial charge on any atom is -0.339 e. The molecule has 0 spiro atoms. The summed E-state index contributed by atoms with van der Waals surface area (Å²) in [4.78, 5) is 14.2. The summed E-state index contributed by atoms with van der Waals surface area (Å²) in [7, 11) is 0. The van der Waals surface area contributed by atoms with Crippen LogP contribution in [0.3, 0.4) is 0 Å². The highest BCUT2D eigenvalue weighted by atomic mass is 35.5. The summed E-state index contributed by atoms with van der Waals surface area (Å²) in [6.45, 7) is 10.1. The molecule has 0 N–H and O–H groups in total. The molecular formula is C17H24ClNO. The highest BCUT2D eigenvalue weighted by Crippen LogP contribution is 2.12. The topological polar surface area (TPSA) is 20.3 Å². The molecule has 1 aromatic rings. The number of hydrogen-bond donors (Lipinski definition) is 0. The van der Waals surface area contributed by atoms with Gasteiger partial charge >= 0.3 is 0 Å².